The van der Waals surface area contributed by atoms with E-state index >= 15 is 4.39 Å². The number of nitrogens with one attached hydrogen (secondary N) is 2. The lowest BCUT2D eigenvalue weighted by atomic mass is 10.1. The topological polar surface area (TPSA) is 268 Å². The Kier molecular flexibility index (Phi) is 9.00. The number of rotatable bonds is 10. The minimum Gasteiger partial charge on any atom is -0.392 e. The van der Waals surface area contributed by atoms with Crippen molar-refractivity contribution in [2.24, 2.45) is 0 Å². The summed E-state index contributed by atoms with van der Waals surface area (Å²) in [5.41, 5.74) is 4.71. The van der Waals surface area contributed by atoms with Gasteiger partial charge in [-0.25, -0.2) is 23.9 Å². The molecule has 7 N–H and O–H groups in total. The van der Waals surface area contributed by atoms with E-state index in [1.807, 2.05) is 0 Å². The summed E-state index contributed by atoms with van der Waals surface area (Å²) in [6, 6.07) is 0. The lowest BCUT2D eigenvalue weighted by Gasteiger charge is -2.24. The first-order valence-corrected chi connectivity index (χ1v) is 19.1. The highest BCUT2D eigenvalue weighted by molar-refractivity contribution is 8.44. The minimum absolute atomic E-state index is 0.0265. The van der Waals surface area contributed by atoms with Crippen LogP contribution >= 0.6 is 37.5 Å². The molecule has 0 aromatic carbocycles. The number of thiol groups is 1. The molecule has 19 nitrogen and oxygen atoms in total. The molecule has 0 saturated carbocycles. The third-order valence-electron chi connectivity index (χ3n) is 6.94. The van der Waals surface area contributed by atoms with Crippen LogP contribution in [0, 0.1) is 0 Å². The van der Waals surface area contributed by atoms with Crippen LogP contribution in [0.1, 0.15) is 18.0 Å². The van der Waals surface area contributed by atoms with Crippen LogP contribution in [0.4, 0.5) is 10.3 Å². The number of aromatic amines is 2. The monoisotopic (exact) mass is 727 g/mol. The van der Waals surface area contributed by atoms with Crippen molar-refractivity contribution in [2.45, 2.75) is 47.8 Å². The SMILES string of the molecule is Nc1nc2c(ncn2[C@H]2C[C@H](O)[C@@H](COP(=O)(S)O[C@H]3[C@H](F)[C@H](n4cnc5c(=O)[nH]cnc54)O[C@@H]3COP(O)(O)=S)S2)c(=O)[nH]1. The Morgan fingerprint density at radius 3 is 2.60 bits per heavy atom. The van der Waals surface area contributed by atoms with Crippen molar-refractivity contribution in [3.63, 3.8) is 0 Å². The number of aliphatic hydroxyl groups is 1. The van der Waals surface area contributed by atoms with E-state index in [1.54, 1.807) is 4.57 Å². The van der Waals surface area contributed by atoms with Gasteiger partial charge < -0.3 is 39.4 Å². The molecule has 2 aliphatic heterocycles. The number of nitrogen functional groups attached to an aromatic ring is 1. The van der Waals surface area contributed by atoms with Gasteiger partial charge in [-0.1, -0.05) is 12.2 Å². The molecule has 1 unspecified atom stereocenters. The summed E-state index contributed by atoms with van der Waals surface area (Å²) in [5.74, 6) is -0.108. The average molecular weight is 728 g/mol. The molecule has 6 heterocycles. The fourth-order valence-corrected chi connectivity index (χ4v) is 8.50. The number of nitrogens with two attached hydrogens (primary N) is 1. The molecular formula is C20H24FN9O10P2S3. The van der Waals surface area contributed by atoms with Gasteiger partial charge in [-0.15, -0.1) is 11.8 Å². The highest BCUT2D eigenvalue weighted by Gasteiger charge is 2.51. The Labute approximate surface area is 264 Å². The van der Waals surface area contributed by atoms with E-state index in [-0.39, 0.29) is 41.3 Å². The number of hydrogen-bond acceptors (Lipinski definition) is 15. The van der Waals surface area contributed by atoms with Crippen LogP contribution in [0.15, 0.2) is 28.6 Å². The van der Waals surface area contributed by atoms with Crippen molar-refractivity contribution in [3.05, 3.63) is 39.7 Å². The maximum absolute atomic E-state index is 15.9. The highest BCUT2D eigenvalue weighted by atomic mass is 32.7. The smallest absolute Gasteiger partial charge is 0.386 e. The molecule has 4 aromatic rings. The van der Waals surface area contributed by atoms with Crippen LogP contribution < -0.4 is 16.9 Å². The summed E-state index contributed by atoms with van der Waals surface area (Å²) >= 11 is 9.68. The summed E-state index contributed by atoms with van der Waals surface area (Å²) in [6.07, 6.45) is -3.95. The zero-order valence-electron chi connectivity index (χ0n) is 22.4. The molecule has 244 valence electrons. The summed E-state index contributed by atoms with van der Waals surface area (Å²) in [7, 11) is 0. The minimum atomic E-state index is -4.39. The molecule has 0 radical (unpaired) electrons. The van der Waals surface area contributed by atoms with Crippen molar-refractivity contribution >= 4 is 77.6 Å². The Balaban J connectivity index is 1.16. The molecule has 0 amide bonds. The molecule has 0 aliphatic carbocycles. The zero-order chi connectivity index (χ0) is 32.3. The molecule has 8 atom stereocenters. The quantitative estimate of drug-likeness (QED) is 0.0843. The summed E-state index contributed by atoms with van der Waals surface area (Å²) in [4.78, 5) is 64.1. The number of halogens is 1. The van der Waals surface area contributed by atoms with E-state index in [0.29, 0.717) is 0 Å². The molecule has 6 rings (SSSR count). The molecule has 25 heteroatoms. The second kappa shape index (κ2) is 12.4. The maximum atomic E-state index is 15.9. The summed E-state index contributed by atoms with van der Waals surface area (Å²) in [6.45, 7) is -9.63. The van der Waals surface area contributed by atoms with E-state index in [9.17, 15) is 29.0 Å². The number of fused-ring (bicyclic) bond motifs is 2. The van der Waals surface area contributed by atoms with Gasteiger partial charge in [0.25, 0.3) is 11.1 Å². The number of H-pyrrole nitrogens is 2. The zero-order valence-corrected chi connectivity index (χ0v) is 26.7. The van der Waals surface area contributed by atoms with Crippen LogP contribution in [0.3, 0.4) is 0 Å². The molecule has 2 saturated heterocycles. The van der Waals surface area contributed by atoms with Crippen LogP contribution in [-0.2, 0) is 34.7 Å². The molecular weight excluding hydrogens is 703 g/mol. The van der Waals surface area contributed by atoms with Gasteiger partial charge in [0.1, 0.15) is 12.2 Å². The van der Waals surface area contributed by atoms with Gasteiger partial charge in [0.15, 0.2) is 34.7 Å². The van der Waals surface area contributed by atoms with Crippen molar-refractivity contribution in [3.8, 4) is 0 Å². The van der Waals surface area contributed by atoms with E-state index in [0.717, 1.165) is 17.2 Å². The average Bonchev–Trinajstić information content (AvgIpc) is 3.72. The van der Waals surface area contributed by atoms with Crippen molar-refractivity contribution in [1.82, 2.24) is 39.0 Å². The largest absolute Gasteiger partial charge is 0.392 e. The van der Waals surface area contributed by atoms with Gasteiger partial charge in [0.2, 0.25) is 5.95 Å². The Hall–Kier alpha value is -2.27. The van der Waals surface area contributed by atoms with E-state index in [1.165, 1.54) is 18.1 Å². The van der Waals surface area contributed by atoms with Gasteiger partial charge >= 0.3 is 13.5 Å². The molecule has 45 heavy (non-hydrogen) atoms. The fourth-order valence-electron chi connectivity index (χ4n) is 4.94. The van der Waals surface area contributed by atoms with Gasteiger partial charge in [-0.05, 0) is 11.8 Å². The predicted octanol–water partition coefficient (Wildman–Crippen LogP) is 0.101. The Morgan fingerprint density at radius 1 is 1.16 bits per heavy atom. The summed E-state index contributed by atoms with van der Waals surface area (Å²) in [5, 5.41) is 9.59. The number of alkyl halides is 1. The summed E-state index contributed by atoms with van der Waals surface area (Å²) < 4.78 is 53.4. The first-order chi connectivity index (χ1) is 21.2. The number of hydrogen-bond donors (Lipinski definition) is 7. The second-order valence-electron chi connectivity index (χ2n) is 9.89. The second-order valence-corrected chi connectivity index (χ2v) is 16.9. The number of imidazole rings is 2. The van der Waals surface area contributed by atoms with Gasteiger partial charge in [-0.2, -0.15) is 4.98 Å². The number of aromatic nitrogens is 8. The number of anilines is 1. The normalized spacial score (nSPS) is 28.7. The van der Waals surface area contributed by atoms with Crippen LogP contribution in [0.5, 0.6) is 0 Å². The van der Waals surface area contributed by atoms with Gasteiger partial charge in [0, 0.05) is 6.42 Å². The van der Waals surface area contributed by atoms with Crippen molar-refractivity contribution < 1.29 is 42.2 Å². The first kappa shape index (κ1) is 32.7. The van der Waals surface area contributed by atoms with E-state index in [2.05, 4.69) is 54.0 Å². The predicted molar refractivity (Wildman–Crippen MR) is 163 cm³/mol. The molecule has 0 bridgehead atoms. The molecule has 4 aromatic heterocycles. The fraction of sp³-hybridized carbons (Fsp3) is 0.500. The lowest BCUT2D eigenvalue weighted by molar-refractivity contribution is -0.0412. The number of ether oxygens (including phenoxy) is 1. The first-order valence-electron chi connectivity index (χ1n) is 12.8. The number of thioether (sulfide) groups is 1. The molecule has 2 aliphatic rings. The van der Waals surface area contributed by atoms with Crippen molar-refractivity contribution in [2.75, 3.05) is 18.9 Å². The van der Waals surface area contributed by atoms with E-state index < -0.39 is 72.6 Å². The highest BCUT2D eigenvalue weighted by Crippen LogP contribution is 2.58. The van der Waals surface area contributed by atoms with Gasteiger partial charge in [0.05, 0.1) is 48.9 Å². The third-order valence-corrected chi connectivity index (χ3v) is 10.9. The number of aliphatic hydroxyl groups excluding tert-OH is 1. The third kappa shape index (κ3) is 6.76. The van der Waals surface area contributed by atoms with Crippen LogP contribution in [0.2, 0.25) is 0 Å². The molecule has 0 spiro atoms. The molecule has 2 fully saturated rings. The Morgan fingerprint density at radius 2 is 1.87 bits per heavy atom. The lowest BCUT2D eigenvalue weighted by Crippen LogP contribution is -2.33. The van der Waals surface area contributed by atoms with E-state index in [4.69, 9.17) is 24.0 Å². The van der Waals surface area contributed by atoms with Crippen molar-refractivity contribution in [1.29, 1.82) is 0 Å². The maximum Gasteiger partial charge on any atom is 0.386 e. The van der Waals surface area contributed by atoms with Crippen LogP contribution in [0.25, 0.3) is 22.3 Å². The van der Waals surface area contributed by atoms with Gasteiger partial charge in [-0.3, -0.25) is 28.2 Å². The van der Waals surface area contributed by atoms with Crippen LogP contribution in [-0.4, -0.2) is 96.9 Å². The Bertz CT molecular complexity index is 1950. The standard InChI is InChI=1S/C20H24FN9O10P2S3/c21-11-14(8(2-37-41(34,35)43)39-19(11)30-6-26-12-15(30)23-4-24-17(12)32)40-42(36,44)38-3-9-7(31)1-10(45-9)29-5-25-13-16(29)27-20(22)28-18(13)33/h4-11,14,19,31H,1-3H2,(H,36,44)(H,23,24,32)(H2,34,35,43)(H3,22,27,28,33)/t7-,8+,9+,10+,11-,14+,19+,42?/m0/s1. The number of nitrogens with zero attached hydrogens (tertiary/aromatic N) is 6.